The van der Waals surface area contributed by atoms with Gasteiger partial charge < -0.3 is 10.4 Å². The molecule has 0 spiro atoms. The van der Waals surface area contributed by atoms with E-state index in [0.717, 1.165) is 0 Å². The van der Waals surface area contributed by atoms with Crippen molar-refractivity contribution in [1.82, 2.24) is 5.32 Å². The number of allylic oxidation sites excluding steroid dienone is 1. The van der Waals surface area contributed by atoms with Gasteiger partial charge in [0.2, 0.25) is 0 Å². The van der Waals surface area contributed by atoms with Crippen LogP contribution in [0.15, 0.2) is 12.3 Å². The molecule has 0 amide bonds. The maximum absolute atomic E-state index is 8.22. The van der Waals surface area contributed by atoms with Crippen LogP contribution in [-0.2, 0) is 0 Å². The molecule has 2 N–H and O–H groups in total. The zero-order chi connectivity index (χ0) is 6.24. The van der Waals surface area contributed by atoms with E-state index in [1.807, 2.05) is 0 Å². The highest BCUT2D eigenvalue weighted by Gasteiger charge is 1.70. The third-order valence-electron chi connectivity index (χ3n) is 0.554. The highest BCUT2D eigenvalue weighted by Crippen LogP contribution is 1.60. The molecule has 0 saturated heterocycles. The second-order valence-electron chi connectivity index (χ2n) is 1.18. The molecule has 0 saturated carbocycles. The maximum Gasteiger partial charge on any atom is 0.0603 e. The van der Waals surface area contributed by atoms with Gasteiger partial charge in [0, 0.05) is 18.8 Å². The second-order valence-corrected chi connectivity index (χ2v) is 1.18. The van der Waals surface area contributed by atoms with Gasteiger partial charge in [0.15, 0.2) is 0 Å². The molecular formula is C6H9NO. The van der Waals surface area contributed by atoms with Gasteiger partial charge in [-0.3, -0.25) is 0 Å². The lowest BCUT2D eigenvalue weighted by Crippen LogP contribution is -2.09. The summed E-state index contributed by atoms with van der Waals surface area (Å²) < 4.78 is 0. The Kier molecular flexibility index (Phi) is 5.35. The van der Waals surface area contributed by atoms with Crippen LogP contribution >= 0.6 is 0 Å². The van der Waals surface area contributed by atoms with Crippen LogP contribution in [-0.4, -0.2) is 18.3 Å². The third-order valence-corrected chi connectivity index (χ3v) is 0.554. The van der Waals surface area contributed by atoms with Crippen molar-refractivity contribution >= 4 is 0 Å². The van der Waals surface area contributed by atoms with Crippen molar-refractivity contribution in [1.29, 1.82) is 0 Å². The van der Waals surface area contributed by atoms with Gasteiger partial charge in [-0.2, -0.15) is 0 Å². The Labute approximate surface area is 49.2 Å². The van der Waals surface area contributed by atoms with E-state index in [-0.39, 0.29) is 6.61 Å². The molecule has 0 aliphatic carbocycles. The standard InChI is InChI=1S/C6H9NO/c1-2-3-4-7-5-6-8/h1,3-4,7-8H,5-6H2/b4-3+. The van der Waals surface area contributed by atoms with E-state index in [9.17, 15) is 0 Å². The Balaban J connectivity index is 2.94. The summed E-state index contributed by atoms with van der Waals surface area (Å²) in [5.41, 5.74) is 0. The molecule has 0 radical (unpaired) electrons. The quantitative estimate of drug-likeness (QED) is 0.387. The summed E-state index contributed by atoms with van der Waals surface area (Å²) >= 11 is 0. The highest BCUT2D eigenvalue weighted by atomic mass is 16.3. The molecule has 0 bridgehead atoms. The summed E-state index contributed by atoms with van der Waals surface area (Å²) in [5, 5.41) is 11.0. The molecule has 0 aromatic carbocycles. The molecule has 0 atom stereocenters. The fourth-order valence-electron chi connectivity index (χ4n) is 0.255. The number of aliphatic hydroxyl groups excluding tert-OH is 1. The molecule has 8 heavy (non-hydrogen) atoms. The number of hydrogen-bond acceptors (Lipinski definition) is 2. The van der Waals surface area contributed by atoms with Gasteiger partial charge in [-0.05, 0) is 0 Å². The van der Waals surface area contributed by atoms with Gasteiger partial charge in [0.1, 0.15) is 0 Å². The highest BCUT2D eigenvalue weighted by molar-refractivity contribution is 5.07. The fraction of sp³-hybridized carbons (Fsp3) is 0.333. The van der Waals surface area contributed by atoms with E-state index in [2.05, 4.69) is 11.2 Å². The molecule has 0 fully saturated rings. The predicted octanol–water partition coefficient (Wildman–Crippen LogP) is -0.285. The van der Waals surface area contributed by atoms with Gasteiger partial charge in [0.25, 0.3) is 0 Å². The molecule has 0 unspecified atom stereocenters. The molecule has 0 aromatic heterocycles. The summed E-state index contributed by atoms with van der Waals surface area (Å²) in [6.45, 7) is 0.688. The van der Waals surface area contributed by atoms with Crippen molar-refractivity contribution in [2.45, 2.75) is 0 Å². The molecule has 0 aliphatic heterocycles. The maximum atomic E-state index is 8.22. The van der Waals surface area contributed by atoms with Crippen LogP contribution in [0.1, 0.15) is 0 Å². The minimum Gasteiger partial charge on any atom is -0.395 e. The molecule has 0 aromatic rings. The Morgan fingerprint density at radius 1 is 1.75 bits per heavy atom. The minimum atomic E-state index is 0.134. The molecule has 2 heteroatoms. The summed E-state index contributed by atoms with van der Waals surface area (Å²) in [5.74, 6) is 2.30. The van der Waals surface area contributed by atoms with E-state index in [1.165, 1.54) is 6.08 Å². The SMILES string of the molecule is C#C/C=C/NCCO. The summed E-state index contributed by atoms with van der Waals surface area (Å²) in [6.07, 6.45) is 8.03. The lowest BCUT2D eigenvalue weighted by atomic mass is 10.6. The Morgan fingerprint density at radius 3 is 3.00 bits per heavy atom. The average molecular weight is 111 g/mol. The lowest BCUT2D eigenvalue weighted by molar-refractivity contribution is 0.298. The molecule has 0 rings (SSSR count). The van der Waals surface area contributed by atoms with Crippen LogP contribution in [0.3, 0.4) is 0 Å². The first kappa shape index (κ1) is 7.06. The van der Waals surface area contributed by atoms with Crippen LogP contribution in [0.2, 0.25) is 0 Å². The van der Waals surface area contributed by atoms with Crippen molar-refractivity contribution in [2.75, 3.05) is 13.2 Å². The molecule has 2 nitrogen and oxygen atoms in total. The van der Waals surface area contributed by atoms with Crippen molar-refractivity contribution in [3.05, 3.63) is 12.3 Å². The normalized spacial score (nSPS) is 9.00. The van der Waals surface area contributed by atoms with Gasteiger partial charge in [-0.25, -0.2) is 0 Å². The number of aliphatic hydroxyl groups is 1. The van der Waals surface area contributed by atoms with Crippen molar-refractivity contribution < 1.29 is 5.11 Å². The van der Waals surface area contributed by atoms with E-state index in [0.29, 0.717) is 6.54 Å². The topological polar surface area (TPSA) is 32.3 Å². The first-order chi connectivity index (χ1) is 3.91. The fourth-order valence-corrected chi connectivity index (χ4v) is 0.255. The zero-order valence-electron chi connectivity index (χ0n) is 4.59. The lowest BCUT2D eigenvalue weighted by Gasteiger charge is -1.90. The van der Waals surface area contributed by atoms with Crippen molar-refractivity contribution in [3.8, 4) is 12.3 Å². The minimum absolute atomic E-state index is 0.134. The van der Waals surface area contributed by atoms with Gasteiger partial charge in [-0.15, -0.1) is 6.42 Å². The number of rotatable bonds is 3. The zero-order valence-corrected chi connectivity index (χ0v) is 4.59. The second kappa shape index (κ2) is 6.06. The average Bonchev–Trinajstić information content (AvgIpc) is 1.81. The number of hydrogen-bond donors (Lipinski definition) is 2. The van der Waals surface area contributed by atoms with Crippen molar-refractivity contribution in [2.24, 2.45) is 0 Å². The Bertz CT molecular complexity index is 102. The predicted molar refractivity (Wildman–Crippen MR) is 33.1 cm³/mol. The number of nitrogens with one attached hydrogen (secondary N) is 1. The van der Waals surface area contributed by atoms with E-state index >= 15 is 0 Å². The van der Waals surface area contributed by atoms with Crippen LogP contribution in [0.5, 0.6) is 0 Å². The van der Waals surface area contributed by atoms with Crippen molar-refractivity contribution in [3.63, 3.8) is 0 Å². The monoisotopic (exact) mass is 111 g/mol. The first-order valence-corrected chi connectivity index (χ1v) is 2.37. The summed E-state index contributed by atoms with van der Waals surface area (Å²) in [6, 6.07) is 0. The summed E-state index contributed by atoms with van der Waals surface area (Å²) in [4.78, 5) is 0. The van der Waals surface area contributed by atoms with Gasteiger partial charge in [0.05, 0.1) is 6.61 Å². The molecule has 44 valence electrons. The third kappa shape index (κ3) is 5.06. The first-order valence-electron chi connectivity index (χ1n) is 2.37. The number of terminal acetylenes is 1. The van der Waals surface area contributed by atoms with E-state index < -0.39 is 0 Å². The molecular weight excluding hydrogens is 102 g/mol. The van der Waals surface area contributed by atoms with Gasteiger partial charge in [-0.1, -0.05) is 5.92 Å². The molecule has 0 heterocycles. The largest absolute Gasteiger partial charge is 0.395 e. The Hall–Kier alpha value is -0.940. The van der Waals surface area contributed by atoms with Gasteiger partial charge >= 0.3 is 0 Å². The Morgan fingerprint density at radius 2 is 2.50 bits per heavy atom. The van der Waals surface area contributed by atoms with Crippen LogP contribution in [0, 0.1) is 12.3 Å². The van der Waals surface area contributed by atoms with E-state index in [4.69, 9.17) is 11.5 Å². The molecule has 0 aliphatic rings. The van der Waals surface area contributed by atoms with E-state index in [1.54, 1.807) is 6.20 Å². The van der Waals surface area contributed by atoms with Crippen LogP contribution < -0.4 is 5.32 Å². The van der Waals surface area contributed by atoms with Crippen LogP contribution in [0.25, 0.3) is 0 Å². The summed E-state index contributed by atoms with van der Waals surface area (Å²) in [7, 11) is 0. The smallest absolute Gasteiger partial charge is 0.0603 e. The van der Waals surface area contributed by atoms with Crippen LogP contribution in [0.4, 0.5) is 0 Å².